The van der Waals surface area contributed by atoms with Gasteiger partial charge in [-0.05, 0) is 29.6 Å². The van der Waals surface area contributed by atoms with Gasteiger partial charge >= 0.3 is 0 Å². The maximum absolute atomic E-state index is 11.4. The minimum absolute atomic E-state index is 0.243. The van der Waals surface area contributed by atoms with E-state index < -0.39 is 0 Å². The first-order valence-corrected chi connectivity index (χ1v) is 7.78. The molecule has 2 aliphatic heterocycles. The molecule has 3 heteroatoms. The summed E-state index contributed by atoms with van der Waals surface area (Å²) < 4.78 is 0. The van der Waals surface area contributed by atoms with Gasteiger partial charge in [-0.2, -0.15) is 0 Å². The van der Waals surface area contributed by atoms with Crippen LogP contribution in [0.1, 0.15) is 13.3 Å². The summed E-state index contributed by atoms with van der Waals surface area (Å²) in [7, 11) is 0. The Balaban J connectivity index is 1.64. The molecular formula is C16H19NOS. The molecule has 0 bridgehead atoms. The summed E-state index contributed by atoms with van der Waals surface area (Å²) in [5.74, 6) is 0.519. The Hall–Kier alpha value is -1.06. The molecule has 2 nitrogen and oxygen atoms in total. The molecule has 1 aliphatic carbocycles. The fraction of sp³-hybridized carbons (Fsp3) is 0.438. The van der Waals surface area contributed by atoms with E-state index in [0.29, 0.717) is 11.2 Å². The number of thioether (sulfide) groups is 1. The SMILES string of the molecule is CC1C=CC=C(CN2CCC3SC(=O)C=C3C2)C=C1. The van der Waals surface area contributed by atoms with Crippen molar-refractivity contribution in [3.05, 3.63) is 47.6 Å². The highest BCUT2D eigenvalue weighted by Gasteiger charge is 2.30. The number of hydrogen-bond acceptors (Lipinski definition) is 3. The summed E-state index contributed by atoms with van der Waals surface area (Å²) in [6.45, 7) is 5.22. The zero-order valence-corrected chi connectivity index (χ0v) is 12.0. The van der Waals surface area contributed by atoms with Crippen molar-refractivity contribution in [1.82, 2.24) is 4.90 Å². The molecule has 0 radical (unpaired) electrons. The molecule has 1 saturated heterocycles. The smallest absolute Gasteiger partial charge is 0.212 e. The molecule has 0 aromatic rings. The number of rotatable bonds is 2. The Labute approximate surface area is 118 Å². The summed E-state index contributed by atoms with van der Waals surface area (Å²) in [6, 6.07) is 0. The number of hydrogen-bond donors (Lipinski definition) is 0. The molecule has 0 aromatic carbocycles. The first-order valence-electron chi connectivity index (χ1n) is 6.90. The zero-order valence-electron chi connectivity index (χ0n) is 11.2. The van der Waals surface area contributed by atoms with Crippen LogP contribution in [0.2, 0.25) is 0 Å². The number of allylic oxidation sites excluding steroid dienone is 4. The Morgan fingerprint density at radius 1 is 1.42 bits per heavy atom. The van der Waals surface area contributed by atoms with E-state index in [0.717, 1.165) is 26.1 Å². The highest BCUT2D eigenvalue weighted by Crippen LogP contribution is 2.34. The second-order valence-electron chi connectivity index (χ2n) is 5.49. The third kappa shape index (κ3) is 3.10. The predicted molar refractivity (Wildman–Crippen MR) is 81.1 cm³/mol. The molecule has 2 heterocycles. The molecule has 3 rings (SSSR count). The molecule has 0 spiro atoms. The van der Waals surface area contributed by atoms with Gasteiger partial charge in [-0.3, -0.25) is 9.69 Å². The molecule has 2 atom stereocenters. The second kappa shape index (κ2) is 5.51. The molecule has 0 saturated carbocycles. The van der Waals surface area contributed by atoms with E-state index in [9.17, 15) is 4.79 Å². The number of piperidine rings is 1. The topological polar surface area (TPSA) is 20.3 Å². The van der Waals surface area contributed by atoms with Crippen molar-refractivity contribution < 1.29 is 4.79 Å². The van der Waals surface area contributed by atoms with Gasteiger partial charge in [0.25, 0.3) is 0 Å². The molecule has 100 valence electrons. The number of carbonyl (C=O) groups is 1. The monoisotopic (exact) mass is 273 g/mol. The minimum Gasteiger partial charge on any atom is -0.295 e. The van der Waals surface area contributed by atoms with Gasteiger partial charge in [-0.25, -0.2) is 0 Å². The van der Waals surface area contributed by atoms with Gasteiger partial charge in [0.15, 0.2) is 0 Å². The van der Waals surface area contributed by atoms with Crippen LogP contribution in [0.3, 0.4) is 0 Å². The van der Waals surface area contributed by atoms with Crippen molar-refractivity contribution >= 4 is 16.9 Å². The van der Waals surface area contributed by atoms with Gasteiger partial charge in [-0.1, -0.05) is 49.1 Å². The molecule has 0 aromatic heterocycles. The third-order valence-corrected chi connectivity index (χ3v) is 5.01. The maximum Gasteiger partial charge on any atom is 0.212 e. The average molecular weight is 273 g/mol. The van der Waals surface area contributed by atoms with E-state index in [1.54, 1.807) is 0 Å². The van der Waals surface area contributed by atoms with Crippen molar-refractivity contribution in [2.24, 2.45) is 5.92 Å². The standard InChI is InChI=1S/C16H19NOS/c1-12-3-2-4-13(6-5-12)10-17-8-7-15-14(11-17)9-16(18)19-15/h2-6,9,12,15H,7-8,10-11H2,1H3. The Kier molecular flexibility index (Phi) is 3.76. The highest BCUT2D eigenvalue weighted by atomic mass is 32.2. The van der Waals surface area contributed by atoms with Gasteiger partial charge in [0.1, 0.15) is 0 Å². The number of nitrogens with zero attached hydrogens (tertiary/aromatic N) is 1. The van der Waals surface area contributed by atoms with Gasteiger partial charge in [-0.15, -0.1) is 0 Å². The van der Waals surface area contributed by atoms with Crippen molar-refractivity contribution in [3.8, 4) is 0 Å². The van der Waals surface area contributed by atoms with Gasteiger partial charge < -0.3 is 0 Å². The summed E-state index contributed by atoms with van der Waals surface area (Å²) in [5, 5.41) is 0.703. The van der Waals surface area contributed by atoms with E-state index in [-0.39, 0.29) is 5.12 Å². The van der Waals surface area contributed by atoms with Crippen molar-refractivity contribution in [1.29, 1.82) is 0 Å². The van der Waals surface area contributed by atoms with Crippen molar-refractivity contribution in [2.75, 3.05) is 19.6 Å². The van der Waals surface area contributed by atoms with E-state index >= 15 is 0 Å². The molecule has 0 amide bonds. The molecule has 0 N–H and O–H groups in total. The van der Waals surface area contributed by atoms with E-state index in [4.69, 9.17) is 0 Å². The van der Waals surface area contributed by atoms with Crippen LogP contribution in [0, 0.1) is 5.92 Å². The average Bonchev–Trinajstić information content (AvgIpc) is 2.62. The largest absolute Gasteiger partial charge is 0.295 e. The van der Waals surface area contributed by atoms with Crippen LogP contribution in [0.25, 0.3) is 0 Å². The van der Waals surface area contributed by atoms with Crippen LogP contribution in [0.15, 0.2) is 47.6 Å². The van der Waals surface area contributed by atoms with Crippen molar-refractivity contribution in [2.45, 2.75) is 18.6 Å². The Bertz CT molecular complexity index is 501. The van der Waals surface area contributed by atoms with Crippen LogP contribution in [-0.2, 0) is 4.79 Å². The highest BCUT2D eigenvalue weighted by molar-refractivity contribution is 8.15. The number of fused-ring (bicyclic) bond motifs is 1. The zero-order chi connectivity index (χ0) is 13.2. The van der Waals surface area contributed by atoms with Crippen LogP contribution in [0.5, 0.6) is 0 Å². The summed E-state index contributed by atoms with van der Waals surface area (Å²) in [5.41, 5.74) is 2.68. The van der Waals surface area contributed by atoms with Gasteiger partial charge in [0.2, 0.25) is 5.12 Å². The second-order valence-corrected chi connectivity index (χ2v) is 6.70. The molecule has 1 fully saturated rings. The predicted octanol–water partition coefficient (Wildman–Crippen LogP) is 2.95. The third-order valence-electron chi connectivity index (χ3n) is 3.83. The molecule has 2 unspecified atom stereocenters. The van der Waals surface area contributed by atoms with E-state index in [1.807, 2.05) is 6.08 Å². The summed E-state index contributed by atoms with van der Waals surface area (Å²) in [4.78, 5) is 13.9. The van der Waals surface area contributed by atoms with Crippen LogP contribution >= 0.6 is 11.8 Å². The molecule has 19 heavy (non-hydrogen) atoms. The summed E-state index contributed by atoms with van der Waals surface area (Å²) >= 11 is 1.50. The van der Waals surface area contributed by atoms with E-state index in [2.05, 4.69) is 42.2 Å². The quantitative estimate of drug-likeness (QED) is 0.771. The minimum atomic E-state index is 0.243. The van der Waals surface area contributed by atoms with Crippen LogP contribution in [0.4, 0.5) is 0 Å². The lowest BCUT2D eigenvalue weighted by molar-refractivity contribution is -0.106. The number of likely N-dealkylation sites (tertiary alicyclic amines) is 1. The van der Waals surface area contributed by atoms with Crippen LogP contribution in [-0.4, -0.2) is 34.9 Å². The first kappa shape index (κ1) is 12.9. The summed E-state index contributed by atoms with van der Waals surface area (Å²) in [6.07, 6.45) is 14.0. The molecular weight excluding hydrogens is 254 g/mol. The number of carbonyl (C=O) groups excluding carboxylic acids is 1. The lowest BCUT2D eigenvalue weighted by Crippen LogP contribution is -2.36. The fourth-order valence-electron chi connectivity index (χ4n) is 2.77. The van der Waals surface area contributed by atoms with Crippen molar-refractivity contribution in [3.63, 3.8) is 0 Å². The lowest BCUT2D eigenvalue weighted by Gasteiger charge is -2.31. The maximum atomic E-state index is 11.4. The van der Waals surface area contributed by atoms with Gasteiger partial charge in [0, 0.05) is 24.9 Å². The van der Waals surface area contributed by atoms with E-state index in [1.165, 1.54) is 22.9 Å². The Morgan fingerprint density at radius 3 is 3.21 bits per heavy atom. The Morgan fingerprint density at radius 2 is 2.32 bits per heavy atom. The normalized spacial score (nSPS) is 30.9. The van der Waals surface area contributed by atoms with Gasteiger partial charge in [0.05, 0.1) is 0 Å². The first-order chi connectivity index (χ1) is 9.20. The van der Waals surface area contributed by atoms with Crippen LogP contribution < -0.4 is 0 Å². The lowest BCUT2D eigenvalue weighted by atomic mass is 10.0. The molecule has 3 aliphatic rings. The fourth-order valence-corrected chi connectivity index (χ4v) is 3.79.